The predicted octanol–water partition coefficient (Wildman–Crippen LogP) is 4.40. The molecule has 0 radical (unpaired) electrons. The third-order valence-corrected chi connectivity index (χ3v) is 3.18. The summed E-state index contributed by atoms with van der Waals surface area (Å²) < 4.78 is 1.95. The van der Waals surface area contributed by atoms with Crippen LogP contribution in [0.25, 0.3) is 0 Å². The summed E-state index contributed by atoms with van der Waals surface area (Å²) in [5.74, 6) is 0.656. The first-order valence-electron chi connectivity index (χ1n) is 4.35. The van der Waals surface area contributed by atoms with E-state index >= 15 is 0 Å². The first-order chi connectivity index (χ1) is 7.65. The van der Waals surface area contributed by atoms with Crippen molar-refractivity contribution in [3.63, 3.8) is 0 Å². The second-order valence-corrected chi connectivity index (χ2v) is 5.13. The first-order valence-corrected chi connectivity index (χ1v) is 6.31. The minimum atomic E-state index is 0.408. The van der Waals surface area contributed by atoms with Crippen LogP contribution in [-0.4, -0.2) is 9.97 Å². The summed E-state index contributed by atoms with van der Waals surface area (Å²) in [6.45, 7) is 0. The molecule has 1 N–H and O–H groups in total. The topological polar surface area (TPSA) is 37.8 Å². The van der Waals surface area contributed by atoms with Gasteiger partial charge < -0.3 is 5.32 Å². The van der Waals surface area contributed by atoms with Crippen LogP contribution in [0.2, 0.25) is 5.15 Å². The van der Waals surface area contributed by atoms with Crippen LogP contribution in [0.15, 0.2) is 39.5 Å². The lowest BCUT2D eigenvalue weighted by molar-refractivity contribution is 1.17. The lowest BCUT2D eigenvalue weighted by atomic mass is 10.3. The fourth-order valence-corrected chi connectivity index (χ4v) is 2.42. The highest BCUT2D eigenvalue weighted by Gasteiger charge is 2.02. The molecule has 0 saturated carbocycles. The first kappa shape index (κ1) is 11.8. The van der Waals surface area contributed by atoms with Gasteiger partial charge in [-0.1, -0.05) is 27.5 Å². The van der Waals surface area contributed by atoms with Crippen molar-refractivity contribution in [3.8, 4) is 0 Å². The molecule has 2 aromatic rings. The molecule has 0 unspecified atom stereocenters. The molecular weight excluding hydrogens is 357 g/mol. The normalized spacial score (nSPS) is 10.2. The number of hydrogen-bond acceptors (Lipinski definition) is 3. The Morgan fingerprint density at radius 1 is 1.12 bits per heavy atom. The van der Waals surface area contributed by atoms with Crippen molar-refractivity contribution in [1.29, 1.82) is 0 Å². The fourth-order valence-electron chi connectivity index (χ4n) is 1.13. The van der Waals surface area contributed by atoms with Crippen LogP contribution in [-0.2, 0) is 0 Å². The SMILES string of the molecule is Clc1cc(Nc2ccc(Br)cc2Br)ncn1. The van der Waals surface area contributed by atoms with Gasteiger partial charge in [-0.05, 0) is 34.1 Å². The third kappa shape index (κ3) is 2.93. The Kier molecular flexibility index (Phi) is 3.78. The third-order valence-electron chi connectivity index (χ3n) is 1.83. The molecule has 82 valence electrons. The van der Waals surface area contributed by atoms with Crippen molar-refractivity contribution in [3.05, 3.63) is 44.7 Å². The van der Waals surface area contributed by atoms with Crippen molar-refractivity contribution in [1.82, 2.24) is 9.97 Å². The molecule has 0 amide bonds. The number of halogens is 3. The van der Waals surface area contributed by atoms with Crippen LogP contribution in [0.4, 0.5) is 11.5 Å². The highest BCUT2D eigenvalue weighted by Crippen LogP contribution is 2.28. The summed E-state index contributed by atoms with van der Waals surface area (Å²) in [4.78, 5) is 7.87. The van der Waals surface area contributed by atoms with Crippen LogP contribution in [0, 0.1) is 0 Å². The second kappa shape index (κ2) is 5.12. The number of nitrogens with one attached hydrogen (secondary N) is 1. The molecule has 0 bridgehead atoms. The lowest BCUT2D eigenvalue weighted by Crippen LogP contribution is -1.94. The number of benzene rings is 1. The zero-order valence-corrected chi connectivity index (χ0v) is 11.8. The molecule has 0 saturated heterocycles. The Balaban J connectivity index is 2.27. The highest BCUT2D eigenvalue weighted by atomic mass is 79.9. The van der Waals surface area contributed by atoms with Crippen LogP contribution >= 0.6 is 43.5 Å². The number of nitrogens with zero attached hydrogens (tertiary/aromatic N) is 2. The van der Waals surface area contributed by atoms with E-state index in [4.69, 9.17) is 11.6 Å². The van der Waals surface area contributed by atoms with E-state index in [0.29, 0.717) is 11.0 Å². The van der Waals surface area contributed by atoms with E-state index in [1.807, 2.05) is 18.2 Å². The molecule has 16 heavy (non-hydrogen) atoms. The number of anilines is 2. The monoisotopic (exact) mass is 361 g/mol. The molecule has 0 aliphatic carbocycles. The van der Waals surface area contributed by atoms with E-state index in [1.54, 1.807) is 6.07 Å². The Labute approximate surface area is 115 Å². The average molecular weight is 363 g/mol. The Hall–Kier alpha value is -0.650. The molecule has 0 aliphatic rings. The fraction of sp³-hybridized carbons (Fsp3) is 0. The van der Waals surface area contributed by atoms with E-state index in [-0.39, 0.29) is 0 Å². The summed E-state index contributed by atoms with van der Waals surface area (Å²) in [6.07, 6.45) is 1.41. The smallest absolute Gasteiger partial charge is 0.135 e. The molecule has 1 aromatic carbocycles. The van der Waals surface area contributed by atoms with Crippen LogP contribution < -0.4 is 5.32 Å². The molecule has 0 spiro atoms. The van der Waals surface area contributed by atoms with Gasteiger partial charge in [-0.15, -0.1) is 0 Å². The Morgan fingerprint density at radius 3 is 2.62 bits per heavy atom. The molecule has 0 fully saturated rings. The number of aromatic nitrogens is 2. The van der Waals surface area contributed by atoms with Crippen molar-refractivity contribution in [2.24, 2.45) is 0 Å². The lowest BCUT2D eigenvalue weighted by Gasteiger charge is -2.07. The van der Waals surface area contributed by atoms with Crippen LogP contribution in [0.3, 0.4) is 0 Å². The van der Waals surface area contributed by atoms with E-state index in [0.717, 1.165) is 14.6 Å². The molecule has 6 heteroatoms. The number of hydrogen-bond donors (Lipinski definition) is 1. The summed E-state index contributed by atoms with van der Waals surface area (Å²) >= 11 is 12.6. The van der Waals surface area contributed by atoms with Gasteiger partial charge in [0.2, 0.25) is 0 Å². The van der Waals surface area contributed by atoms with E-state index in [1.165, 1.54) is 6.33 Å². The van der Waals surface area contributed by atoms with Crippen molar-refractivity contribution < 1.29 is 0 Å². The standard InChI is InChI=1S/C10H6Br2ClN3/c11-6-1-2-8(7(12)3-6)16-10-4-9(13)14-5-15-10/h1-5H,(H,14,15,16). The molecule has 1 heterocycles. The molecular formula is C10H6Br2ClN3. The maximum atomic E-state index is 5.77. The average Bonchev–Trinajstić information content (AvgIpc) is 2.22. The van der Waals surface area contributed by atoms with Gasteiger partial charge in [-0.3, -0.25) is 0 Å². The minimum absolute atomic E-state index is 0.408. The Bertz CT molecular complexity index is 519. The van der Waals surface area contributed by atoms with Gasteiger partial charge in [0.15, 0.2) is 0 Å². The molecule has 2 rings (SSSR count). The van der Waals surface area contributed by atoms with E-state index in [9.17, 15) is 0 Å². The quantitative estimate of drug-likeness (QED) is 0.804. The second-order valence-electron chi connectivity index (χ2n) is 2.98. The zero-order valence-electron chi connectivity index (χ0n) is 7.92. The molecule has 0 aliphatic heterocycles. The van der Waals surface area contributed by atoms with Gasteiger partial charge in [0.05, 0.1) is 5.69 Å². The molecule has 1 aromatic heterocycles. The summed E-state index contributed by atoms with van der Waals surface area (Å²) in [7, 11) is 0. The predicted molar refractivity (Wildman–Crippen MR) is 72.2 cm³/mol. The zero-order chi connectivity index (χ0) is 11.5. The van der Waals surface area contributed by atoms with Crippen LogP contribution in [0.1, 0.15) is 0 Å². The molecule has 3 nitrogen and oxygen atoms in total. The largest absolute Gasteiger partial charge is 0.339 e. The summed E-state index contributed by atoms with van der Waals surface area (Å²) in [5, 5.41) is 3.55. The minimum Gasteiger partial charge on any atom is -0.339 e. The van der Waals surface area contributed by atoms with Crippen molar-refractivity contribution in [2.45, 2.75) is 0 Å². The van der Waals surface area contributed by atoms with Crippen LogP contribution in [0.5, 0.6) is 0 Å². The maximum absolute atomic E-state index is 5.77. The highest BCUT2D eigenvalue weighted by molar-refractivity contribution is 9.11. The van der Waals surface area contributed by atoms with Gasteiger partial charge >= 0.3 is 0 Å². The van der Waals surface area contributed by atoms with Gasteiger partial charge in [-0.25, -0.2) is 9.97 Å². The number of rotatable bonds is 2. The summed E-state index contributed by atoms with van der Waals surface area (Å²) in [6, 6.07) is 7.49. The summed E-state index contributed by atoms with van der Waals surface area (Å²) in [5.41, 5.74) is 0.915. The van der Waals surface area contributed by atoms with E-state index < -0.39 is 0 Å². The van der Waals surface area contributed by atoms with Crippen molar-refractivity contribution >= 4 is 55.0 Å². The van der Waals surface area contributed by atoms with Gasteiger partial charge in [-0.2, -0.15) is 0 Å². The molecule has 0 atom stereocenters. The maximum Gasteiger partial charge on any atom is 0.135 e. The van der Waals surface area contributed by atoms with Gasteiger partial charge in [0.1, 0.15) is 17.3 Å². The van der Waals surface area contributed by atoms with Crippen molar-refractivity contribution in [2.75, 3.05) is 5.32 Å². The van der Waals surface area contributed by atoms with E-state index in [2.05, 4.69) is 47.1 Å². The Morgan fingerprint density at radius 2 is 1.94 bits per heavy atom. The van der Waals surface area contributed by atoms with Gasteiger partial charge in [0.25, 0.3) is 0 Å². The van der Waals surface area contributed by atoms with Gasteiger partial charge in [0, 0.05) is 15.0 Å².